The van der Waals surface area contributed by atoms with E-state index in [0.29, 0.717) is 11.1 Å². The van der Waals surface area contributed by atoms with E-state index in [4.69, 9.17) is 5.11 Å². The number of carboxylic acid groups (broad SMARTS) is 1. The fraction of sp³-hybridized carbons (Fsp3) is 0.364. The van der Waals surface area contributed by atoms with Gasteiger partial charge in [-0.25, -0.2) is 0 Å². The second-order valence-corrected chi connectivity index (χ2v) is 3.66. The number of aliphatic carboxylic acids is 1. The maximum atomic E-state index is 10.4. The molecule has 5 heteroatoms. The van der Waals surface area contributed by atoms with Crippen LogP contribution in [0.3, 0.4) is 0 Å². The number of rotatable bonds is 4. The highest BCUT2D eigenvalue weighted by Gasteiger charge is 2.21. The van der Waals surface area contributed by atoms with Crippen molar-refractivity contribution in [1.29, 1.82) is 0 Å². The van der Waals surface area contributed by atoms with Gasteiger partial charge in [0.15, 0.2) is 0 Å². The Morgan fingerprint density at radius 1 is 1.38 bits per heavy atom. The monoisotopic (exact) mass is 226 g/mol. The van der Waals surface area contributed by atoms with Crippen LogP contribution in [0.1, 0.15) is 23.7 Å². The molecule has 0 radical (unpaired) electrons. The number of carboxylic acids is 1. The van der Waals surface area contributed by atoms with Gasteiger partial charge in [0.05, 0.1) is 12.5 Å². The van der Waals surface area contributed by atoms with Crippen molar-refractivity contribution in [2.24, 2.45) is 0 Å². The lowest BCUT2D eigenvalue weighted by Gasteiger charge is -2.17. The van der Waals surface area contributed by atoms with Crippen LogP contribution < -0.4 is 0 Å². The van der Waals surface area contributed by atoms with Gasteiger partial charge in [-0.05, 0) is 30.2 Å². The van der Waals surface area contributed by atoms with E-state index in [1.807, 2.05) is 0 Å². The lowest BCUT2D eigenvalue weighted by molar-refractivity contribution is -0.141. The summed E-state index contributed by atoms with van der Waals surface area (Å²) in [7, 11) is 0. The molecule has 2 unspecified atom stereocenters. The molecule has 0 heterocycles. The molecular weight excluding hydrogens is 212 g/mol. The third-order valence-corrected chi connectivity index (χ3v) is 2.31. The maximum absolute atomic E-state index is 10.4. The van der Waals surface area contributed by atoms with Gasteiger partial charge in [0.2, 0.25) is 0 Å². The van der Waals surface area contributed by atoms with Crippen molar-refractivity contribution >= 4 is 5.97 Å². The first-order valence-corrected chi connectivity index (χ1v) is 4.79. The van der Waals surface area contributed by atoms with Crippen molar-refractivity contribution < 1.29 is 25.2 Å². The Labute approximate surface area is 92.6 Å². The van der Waals surface area contributed by atoms with Crippen LogP contribution in [0.4, 0.5) is 0 Å². The van der Waals surface area contributed by atoms with E-state index >= 15 is 0 Å². The van der Waals surface area contributed by atoms with E-state index in [1.54, 1.807) is 6.92 Å². The topological polar surface area (TPSA) is 98.0 Å². The number of phenols is 1. The number of phenolic OH excluding ortho intramolecular Hbond substituents is 1. The first-order chi connectivity index (χ1) is 7.41. The molecule has 16 heavy (non-hydrogen) atoms. The number of aliphatic hydroxyl groups is 2. The number of aryl methyl sites for hydroxylation is 1. The molecule has 0 spiro atoms. The number of carbonyl (C=O) groups is 1. The summed E-state index contributed by atoms with van der Waals surface area (Å²) in [5.41, 5.74) is 0.933. The molecule has 0 saturated heterocycles. The molecule has 0 amide bonds. The SMILES string of the molecule is Cc1cc(C(O)C(O)CC(=O)O)ccc1O. The van der Waals surface area contributed by atoms with Gasteiger partial charge in [-0.3, -0.25) is 4.79 Å². The van der Waals surface area contributed by atoms with Gasteiger partial charge in [0.25, 0.3) is 0 Å². The third kappa shape index (κ3) is 2.95. The summed E-state index contributed by atoms with van der Waals surface area (Å²) in [4.78, 5) is 10.4. The zero-order valence-electron chi connectivity index (χ0n) is 8.79. The average molecular weight is 226 g/mol. The Balaban J connectivity index is 2.83. The lowest BCUT2D eigenvalue weighted by atomic mass is 10.00. The predicted molar refractivity (Wildman–Crippen MR) is 56.1 cm³/mol. The van der Waals surface area contributed by atoms with Gasteiger partial charge in [0.1, 0.15) is 11.9 Å². The molecule has 2 atom stereocenters. The zero-order valence-corrected chi connectivity index (χ0v) is 8.79. The van der Waals surface area contributed by atoms with Crippen LogP contribution in [0.15, 0.2) is 18.2 Å². The van der Waals surface area contributed by atoms with Crippen molar-refractivity contribution in [3.05, 3.63) is 29.3 Å². The largest absolute Gasteiger partial charge is 0.508 e. The molecule has 1 aromatic rings. The number of hydrogen-bond donors (Lipinski definition) is 4. The average Bonchev–Trinajstić information content (AvgIpc) is 2.20. The summed E-state index contributed by atoms with van der Waals surface area (Å²) in [5.74, 6) is -1.09. The first kappa shape index (κ1) is 12.5. The Morgan fingerprint density at radius 3 is 2.50 bits per heavy atom. The fourth-order valence-corrected chi connectivity index (χ4v) is 1.38. The van der Waals surface area contributed by atoms with Crippen molar-refractivity contribution in [3.63, 3.8) is 0 Å². The Hall–Kier alpha value is -1.59. The molecule has 0 aliphatic heterocycles. The van der Waals surface area contributed by atoms with E-state index in [9.17, 15) is 20.1 Å². The van der Waals surface area contributed by atoms with Gasteiger partial charge in [-0.15, -0.1) is 0 Å². The Kier molecular flexibility index (Phi) is 3.87. The number of hydrogen-bond acceptors (Lipinski definition) is 4. The van der Waals surface area contributed by atoms with Gasteiger partial charge in [0, 0.05) is 0 Å². The summed E-state index contributed by atoms with van der Waals surface area (Å²) in [6, 6.07) is 4.34. The Morgan fingerprint density at radius 2 is 2.00 bits per heavy atom. The maximum Gasteiger partial charge on any atom is 0.306 e. The van der Waals surface area contributed by atoms with Crippen molar-refractivity contribution in [2.75, 3.05) is 0 Å². The molecule has 0 bridgehead atoms. The minimum absolute atomic E-state index is 0.0867. The van der Waals surface area contributed by atoms with E-state index in [0.717, 1.165) is 0 Å². The highest BCUT2D eigenvalue weighted by Crippen LogP contribution is 2.24. The quantitative estimate of drug-likeness (QED) is 0.601. The second kappa shape index (κ2) is 4.96. The minimum Gasteiger partial charge on any atom is -0.508 e. The molecule has 0 aliphatic rings. The molecule has 0 fully saturated rings. The van der Waals surface area contributed by atoms with Gasteiger partial charge >= 0.3 is 5.97 Å². The van der Waals surface area contributed by atoms with Gasteiger partial charge < -0.3 is 20.4 Å². The van der Waals surface area contributed by atoms with Crippen LogP contribution in [0.25, 0.3) is 0 Å². The molecule has 0 saturated carbocycles. The van der Waals surface area contributed by atoms with Crippen LogP contribution in [0.2, 0.25) is 0 Å². The second-order valence-electron chi connectivity index (χ2n) is 3.66. The highest BCUT2D eigenvalue weighted by atomic mass is 16.4. The van der Waals surface area contributed by atoms with Crippen molar-refractivity contribution in [2.45, 2.75) is 25.6 Å². The lowest BCUT2D eigenvalue weighted by Crippen LogP contribution is -2.21. The summed E-state index contributed by atoms with van der Waals surface area (Å²) in [6.45, 7) is 1.65. The molecule has 1 rings (SSSR count). The summed E-state index contributed by atoms with van der Waals surface area (Å²) >= 11 is 0. The van der Waals surface area contributed by atoms with Crippen molar-refractivity contribution in [1.82, 2.24) is 0 Å². The highest BCUT2D eigenvalue weighted by molar-refractivity contribution is 5.67. The fourth-order valence-electron chi connectivity index (χ4n) is 1.38. The van der Waals surface area contributed by atoms with E-state index in [2.05, 4.69) is 0 Å². The normalized spacial score (nSPS) is 14.4. The summed E-state index contributed by atoms with van der Waals surface area (Å²) in [5, 5.41) is 36.8. The van der Waals surface area contributed by atoms with E-state index in [1.165, 1.54) is 18.2 Å². The summed E-state index contributed by atoms with van der Waals surface area (Å²) < 4.78 is 0. The molecule has 88 valence electrons. The zero-order chi connectivity index (χ0) is 12.3. The van der Waals surface area contributed by atoms with E-state index in [-0.39, 0.29) is 5.75 Å². The molecule has 5 nitrogen and oxygen atoms in total. The smallest absolute Gasteiger partial charge is 0.306 e. The van der Waals surface area contributed by atoms with Crippen LogP contribution in [-0.2, 0) is 4.79 Å². The van der Waals surface area contributed by atoms with Gasteiger partial charge in [-0.1, -0.05) is 6.07 Å². The summed E-state index contributed by atoms with van der Waals surface area (Å²) in [6.07, 6.45) is -3.15. The Bertz CT molecular complexity index is 388. The molecule has 0 aliphatic carbocycles. The standard InChI is InChI=1S/C11H14O5/c1-6-4-7(2-3-8(6)12)11(16)9(13)5-10(14)15/h2-4,9,11-13,16H,5H2,1H3,(H,14,15). The number of aromatic hydroxyl groups is 1. The van der Waals surface area contributed by atoms with Crippen LogP contribution in [0.5, 0.6) is 5.75 Å². The van der Waals surface area contributed by atoms with Crippen LogP contribution >= 0.6 is 0 Å². The molecule has 4 N–H and O–H groups in total. The molecule has 1 aromatic carbocycles. The predicted octanol–water partition coefficient (Wildman–Crippen LogP) is 0.570. The third-order valence-electron chi connectivity index (χ3n) is 2.31. The van der Waals surface area contributed by atoms with Gasteiger partial charge in [-0.2, -0.15) is 0 Å². The van der Waals surface area contributed by atoms with E-state index < -0.39 is 24.6 Å². The van der Waals surface area contributed by atoms with Crippen LogP contribution in [-0.4, -0.2) is 32.5 Å². The van der Waals surface area contributed by atoms with Crippen LogP contribution in [0, 0.1) is 6.92 Å². The molecular formula is C11H14O5. The first-order valence-electron chi connectivity index (χ1n) is 4.79. The van der Waals surface area contributed by atoms with Crippen molar-refractivity contribution in [3.8, 4) is 5.75 Å². The minimum atomic E-state index is -1.36. The number of benzene rings is 1. The number of aliphatic hydroxyl groups excluding tert-OH is 2. The molecule has 0 aromatic heterocycles.